The van der Waals surface area contributed by atoms with Crippen LogP contribution in [0, 0.1) is 0 Å². The lowest BCUT2D eigenvalue weighted by Gasteiger charge is -1.93. The van der Waals surface area contributed by atoms with Crippen LogP contribution in [0.4, 0.5) is 0 Å². The first-order valence-corrected chi connectivity index (χ1v) is 3.94. The van der Waals surface area contributed by atoms with Gasteiger partial charge in [-0.05, 0) is 12.1 Å². The molecule has 2 N–H and O–H groups in total. The molecule has 2 rings (SSSR count). The molecular formula is C8H5ClN2O2. The third-order valence-electron chi connectivity index (χ3n) is 1.77. The van der Waals surface area contributed by atoms with Gasteiger partial charge in [-0.3, -0.25) is 5.10 Å². The molecule has 0 saturated heterocycles. The highest BCUT2D eigenvalue weighted by Gasteiger charge is 2.11. The smallest absolute Gasteiger partial charge is 0.337 e. The van der Waals surface area contributed by atoms with Crippen LogP contribution >= 0.6 is 11.6 Å². The van der Waals surface area contributed by atoms with Crippen LogP contribution in [0.3, 0.4) is 0 Å². The van der Waals surface area contributed by atoms with E-state index in [2.05, 4.69) is 10.2 Å². The van der Waals surface area contributed by atoms with E-state index in [-0.39, 0.29) is 5.56 Å². The first-order chi connectivity index (χ1) is 6.20. The van der Waals surface area contributed by atoms with Crippen molar-refractivity contribution in [2.45, 2.75) is 0 Å². The Hall–Kier alpha value is -1.55. The number of rotatable bonds is 1. The van der Waals surface area contributed by atoms with Crippen molar-refractivity contribution in [2.24, 2.45) is 0 Å². The minimum absolute atomic E-state index is 0.153. The monoisotopic (exact) mass is 196 g/mol. The Morgan fingerprint density at radius 2 is 2.31 bits per heavy atom. The van der Waals surface area contributed by atoms with Crippen LogP contribution in [-0.2, 0) is 0 Å². The van der Waals surface area contributed by atoms with Gasteiger partial charge in [0.1, 0.15) is 10.7 Å². The van der Waals surface area contributed by atoms with Crippen LogP contribution in [0.2, 0.25) is 5.15 Å². The molecular weight excluding hydrogens is 192 g/mol. The number of fused-ring (bicyclic) bond motifs is 1. The first-order valence-electron chi connectivity index (χ1n) is 3.56. The van der Waals surface area contributed by atoms with Crippen molar-refractivity contribution in [3.63, 3.8) is 0 Å². The largest absolute Gasteiger partial charge is 0.478 e. The lowest BCUT2D eigenvalue weighted by molar-refractivity contribution is 0.0699. The van der Waals surface area contributed by atoms with Gasteiger partial charge in [0.2, 0.25) is 0 Å². The fourth-order valence-electron chi connectivity index (χ4n) is 1.18. The Bertz CT molecular complexity index is 478. The van der Waals surface area contributed by atoms with Gasteiger partial charge in [-0.2, -0.15) is 5.10 Å². The molecule has 1 aromatic heterocycles. The first kappa shape index (κ1) is 8.07. The highest BCUT2D eigenvalue weighted by Crippen LogP contribution is 2.22. The van der Waals surface area contributed by atoms with Crippen molar-refractivity contribution < 1.29 is 9.90 Å². The second kappa shape index (κ2) is 2.74. The lowest BCUT2D eigenvalue weighted by atomic mass is 10.1. The third kappa shape index (κ3) is 1.15. The fourth-order valence-corrected chi connectivity index (χ4v) is 1.37. The number of benzene rings is 1. The molecule has 0 fully saturated rings. The number of carboxylic acid groups (broad SMARTS) is 1. The number of hydrogen-bond donors (Lipinski definition) is 2. The van der Waals surface area contributed by atoms with E-state index in [0.29, 0.717) is 16.1 Å². The van der Waals surface area contributed by atoms with Gasteiger partial charge in [-0.25, -0.2) is 4.79 Å². The Kier molecular flexibility index (Phi) is 1.70. The molecule has 5 heteroatoms. The molecule has 1 heterocycles. The van der Waals surface area contributed by atoms with Gasteiger partial charge in [0.05, 0.1) is 5.56 Å². The SMILES string of the molecule is O=C(O)c1cccc2c(Cl)[nH]nc12. The molecule has 0 bridgehead atoms. The molecule has 0 radical (unpaired) electrons. The van der Waals surface area contributed by atoms with E-state index in [1.807, 2.05) is 0 Å². The van der Waals surface area contributed by atoms with Gasteiger partial charge in [0.25, 0.3) is 0 Å². The highest BCUT2D eigenvalue weighted by atomic mass is 35.5. The summed E-state index contributed by atoms with van der Waals surface area (Å²) in [6, 6.07) is 4.84. The van der Waals surface area contributed by atoms with E-state index < -0.39 is 5.97 Å². The molecule has 2 aromatic rings. The van der Waals surface area contributed by atoms with Gasteiger partial charge in [0, 0.05) is 5.39 Å². The van der Waals surface area contributed by atoms with E-state index in [1.54, 1.807) is 12.1 Å². The molecule has 13 heavy (non-hydrogen) atoms. The maximum Gasteiger partial charge on any atom is 0.337 e. The number of halogens is 1. The Morgan fingerprint density at radius 1 is 1.54 bits per heavy atom. The minimum atomic E-state index is -1.01. The van der Waals surface area contributed by atoms with Crippen LogP contribution in [0.15, 0.2) is 18.2 Å². The van der Waals surface area contributed by atoms with Crippen LogP contribution in [0.25, 0.3) is 10.9 Å². The van der Waals surface area contributed by atoms with Crippen LogP contribution < -0.4 is 0 Å². The summed E-state index contributed by atoms with van der Waals surface area (Å²) in [6.45, 7) is 0. The van der Waals surface area contributed by atoms with Gasteiger partial charge >= 0.3 is 5.97 Å². The lowest BCUT2D eigenvalue weighted by Crippen LogP contribution is -1.96. The maximum absolute atomic E-state index is 10.7. The average molecular weight is 197 g/mol. The van der Waals surface area contributed by atoms with Crippen molar-refractivity contribution in [1.29, 1.82) is 0 Å². The zero-order valence-electron chi connectivity index (χ0n) is 6.41. The average Bonchev–Trinajstić information content (AvgIpc) is 2.48. The van der Waals surface area contributed by atoms with Crippen molar-refractivity contribution in [2.75, 3.05) is 0 Å². The van der Waals surface area contributed by atoms with Gasteiger partial charge in [-0.1, -0.05) is 17.7 Å². The predicted octanol–water partition coefficient (Wildman–Crippen LogP) is 1.91. The highest BCUT2D eigenvalue weighted by molar-refractivity contribution is 6.34. The molecule has 1 aromatic carbocycles. The predicted molar refractivity (Wildman–Crippen MR) is 48.1 cm³/mol. The number of hydrogen-bond acceptors (Lipinski definition) is 2. The zero-order valence-corrected chi connectivity index (χ0v) is 7.17. The summed E-state index contributed by atoms with van der Waals surface area (Å²) in [5.74, 6) is -1.01. The molecule has 0 atom stereocenters. The number of nitrogens with zero attached hydrogens (tertiary/aromatic N) is 1. The summed E-state index contributed by atoms with van der Waals surface area (Å²) in [4.78, 5) is 10.7. The number of aromatic nitrogens is 2. The summed E-state index contributed by atoms with van der Waals surface area (Å²) < 4.78 is 0. The maximum atomic E-state index is 10.7. The van der Waals surface area contributed by atoms with Gasteiger partial charge < -0.3 is 5.11 Å². The van der Waals surface area contributed by atoms with Crippen molar-refractivity contribution >= 4 is 28.5 Å². The Labute approximate surface area is 78.1 Å². The van der Waals surface area contributed by atoms with E-state index in [4.69, 9.17) is 16.7 Å². The quantitative estimate of drug-likeness (QED) is 0.732. The van der Waals surface area contributed by atoms with Crippen LogP contribution in [-0.4, -0.2) is 21.3 Å². The Balaban J connectivity index is 2.84. The number of nitrogens with one attached hydrogen (secondary N) is 1. The zero-order chi connectivity index (χ0) is 9.42. The summed E-state index contributed by atoms with van der Waals surface area (Å²) in [5, 5.41) is 16.1. The van der Waals surface area contributed by atoms with Crippen molar-refractivity contribution in [3.8, 4) is 0 Å². The number of carbonyl (C=O) groups is 1. The van der Waals surface area contributed by atoms with Gasteiger partial charge in [0.15, 0.2) is 0 Å². The van der Waals surface area contributed by atoms with Crippen LogP contribution in [0.5, 0.6) is 0 Å². The van der Waals surface area contributed by atoms with E-state index in [0.717, 1.165) is 0 Å². The number of aromatic carboxylic acids is 1. The molecule has 0 aliphatic carbocycles. The summed E-state index contributed by atoms with van der Waals surface area (Å²) >= 11 is 5.74. The second-order valence-electron chi connectivity index (χ2n) is 2.54. The molecule has 4 nitrogen and oxygen atoms in total. The third-order valence-corrected chi connectivity index (χ3v) is 2.06. The van der Waals surface area contributed by atoms with E-state index >= 15 is 0 Å². The molecule has 0 amide bonds. The molecule has 0 unspecified atom stereocenters. The molecule has 66 valence electrons. The molecule has 0 aliphatic heterocycles. The topological polar surface area (TPSA) is 66.0 Å². The summed E-state index contributed by atoms with van der Waals surface area (Å²) in [7, 11) is 0. The molecule has 0 aliphatic rings. The number of H-pyrrole nitrogens is 1. The number of aromatic amines is 1. The standard InChI is InChI=1S/C8H5ClN2O2/c9-7-4-2-1-3-5(8(12)13)6(4)10-11-7/h1-3H,(H,10,11)(H,12,13). The number of para-hydroxylation sites is 1. The molecule has 0 spiro atoms. The van der Waals surface area contributed by atoms with Crippen molar-refractivity contribution in [1.82, 2.24) is 10.2 Å². The second-order valence-corrected chi connectivity index (χ2v) is 2.92. The summed E-state index contributed by atoms with van der Waals surface area (Å²) in [5.41, 5.74) is 0.542. The van der Waals surface area contributed by atoms with E-state index in [1.165, 1.54) is 6.07 Å². The number of carboxylic acids is 1. The van der Waals surface area contributed by atoms with E-state index in [9.17, 15) is 4.79 Å². The normalized spacial score (nSPS) is 10.5. The minimum Gasteiger partial charge on any atom is -0.478 e. The molecule has 0 saturated carbocycles. The van der Waals surface area contributed by atoms with Crippen LogP contribution in [0.1, 0.15) is 10.4 Å². The van der Waals surface area contributed by atoms with Gasteiger partial charge in [-0.15, -0.1) is 0 Å². The fraction of sp³-hybridized carbons (Fsp3) is 0. The Morgan fingerprint density at radius 3 is 3.00 bits per heavy atom. The summed E-state index contributed by atoms with van der Waals surface area (Å²) in [6.07, 6.45) is 0. The van der Waals surface area contributed by atoms with Crippen molar-refractivity contribution in [3.05, 3.63) is 28.9 Å².